The summed E-state index contributed by atoms with van der Waals surface area (Å²) in [5.74, 6) is -0.00274. The van der Waals surface area contributed by atoms with Gasteiger partial charge in [0.05, 0.1) is 0 Å². The first-order valence-corrected chi connectivity index (χ1v) is 8.39. The highest BCUT2D eigenvalue weighted by Gasteiger charge is 2.06. The number of carbonyl (C=O) groups is 1. The summed E-state index contributed by atoms with van der Waals surface area (Å²) in [6, 6.07) is 11.8. The second kappa shape index (κ2) is 7.23. The second-order valence-electron chi connectivity index (χ2n) is 4.89. The van der Waals surface area contributed by atoms with Gasteiger partial charge in [-0.05, 0) is 47.9 Å². The lowest BCUT2D eigenvalue weighted by Crippen LogP contribution is -2.24. The van der Waals surface area contributed by atoms with E-state index in [1.54, 1.807) is 0 Å². The molecule has 0 spiro atoms. The van der Waals surface area contributed by atoms with E-state index >= 15 is 0 Å². The fraction of sp³-hybridized carbons (Fsp3) is 0.312. The van der Waals surface area contributed by atoms with Gasteiger partial charge in [-0.2, -0.15) is 0 Å². The first-order valence-electron chi connectivity index (χ1n) is 6.68. The van der Waals surface area contributed by atoms with Crippen molar-refractivity contribution < 1.29 is 4.79 Å². The van der Waals surface area contributed by atoms with Crippen molar-refractivity contribution in [3.63, 3.8) is 0 Å². The van der Waals surface area contributed by atoms with Crippen LogP contribution in [-0.2, 0) is 0 Å². The Labute approximate surface area is 136 Å². The molecule has 4 heteroatoms. The minimum Gasteiger partial charge on any atom is -0.352 e. The number of carbonyl (C=O) groups excluding carboxylic acids is 1. The summed E-state index contributed by atoms with van der Waals surface area (Å²) in [7, 11) is 0. The topological polar surface area (TPSA) is 29.1 Å². The zero-order valence-corrected chi connectivity index (χ0v) is 14.5. The van der Waals surface area contributed by atoms with Crippen LogP contribution < -0.4 is 5.32 Å². The molecule has 20 heavy (non-hydrogen) atoms. The smallest absolute Gasteiger partial charge is 0.251 e. The van der Waals surface area contributed by atoms with Crippen molar-refractivity contribution >= 4 is 48.5 Å². The second-order valence-corrected chi connectivity index (χ2v) is 7.36. The number of hydrogen-bond acceptors (Lipinski definition) is 1. The van der Waals surface area contributed by atoms with E-state index in [2.05, 4.69) is 50.2 Å². The third kappa shape index (κ3) is 4.32. The lowest BCUT2D eigenvalue weighted by molar-refractivity contribution is 0.0953. The van der Waals surface area contributed by atoms with Gasteiger partial charge in [0.15, 0.2) is 0 Å². The molecule has 2 aromatic rings. The highest BCUT2D eigenvalue weighted by molar-refractivity contribution is 9.10. The summed E-state index contributed by atoms with van der Waals surface area (Å²) in [5, 5.41) is 5.17. The molecule has 0 aromatic heterocycles. The van der Waals surface area contributed by atoms with E-state index in [0.29, 0.717) is 16.9 Å². The molecule has 0 radical (unpaired) electrons. The van der Waals surface area contributed by atoms with Crippen molar-refractivity contribution in [3.05, 3.63) is 46.4 Å². The van der Waals surface area contributed by atoms with E-state index < -0.39 is 0 Å². The Kier molecular flexibility index (Phi) is 5.61. The molecule has 0 aliphatic carbocycles. The molecule has 0 aliphatic rings. The van der Waals surface area contributed by atoms with E-state index in [-0.39, 0.29) is 5.91 Å². The van der Waals surface area contributed by atoms with E-state index in [1.807, 2.05) is 30.3 Å². The van der Waals surface area contributed by atoms with Gasteiger partial charge in [-0.3, -0.25) is 4.79 Å². The summed E-state index contributed by atoms with van der Waals surface area (Å²) < 4.78 is 1.05. The Balaban J connectivity index is 2.01. The van der Waals surface area contributed by atoms with Gasteiger partial charge in [0.1, 0.15) is 0 Å². The van der Waals surface area contributed by atoms with Gasteiger partial charge in [0.25, 0.3) is 5.91 Å². The number of hydrogen-bond donors (Lipinski definition) is 1. The number of halogens is 2. The van der Waals surface area contributed by atoms with Crippen LogP contribution in [0.25, 0.3) is 10.8 Å². The average Bonchev–Trinajstić information content (AvgIpc) is 2.42. The fourth-order valence-electron chi connectivity index (χ4n) is 2.05. The van der Waals surface area contributed by atoms with E-state index in [0.717, 1.165) is 28.1 Å². The molecule has 2 aromatic carbocycles. The predicted molar refractivity (Wildman–Crippen MR) is 91.6 cm³/mol. The maximum Gasteiger partial charge on any atom is 0.251 e. The molecule has 1 amide bonds. The van der Waals surface area contributed by atoms with Gasteiger partial charge in [-0.1, -0.05) is 50.9 Å². The third-order valence-electron chi connectivity index (χ3n) is 3.13. The Bertz CT molecular complexity index is 610. The van der Waals surface area contributed by atoms with Crippen molar-refractivity contribution in [2.75, 3.05) is 6.54 Å². The number of nitrogens with one attached hydrogen (secondary N) is 1. The average molecular weight is 399 g/mol. The summed E-state index contributed by atoms with van der Waals surface area (Å²) in [6.45, 7) is 2.83. The molecule has 0 aliphatic heterocycles. The van der Waals surface area contributed by atoms with Crippen LogP contribution in [0.3, 0.4) is 0 Å². The first-order chi connectivity index (χ1) is 9.56. The summed E-state index contributed by atoms with van der Waals surface area (Å²) in [6.07, 6.45) is 2.05. The minimum absolute atomic E-state index is 0.00274. The maximum atomic E-state index is 12.1. The minimum atomic E-state index is -0.00274. The Hall–Kier alpha value is -0.870. The van der Waals surface area contributed by atoms with Crippen LogP contribution >= 0.6 is 31.9 Å². The molecule has 0 bridgehead atoms. The molecule has 2 rings (SSSR count). The standard InChI is InChI=1S/C16H17Br2NO/c1-11(17)3-2-8-19-16(20)14-5-4-13-10-15(18)7-6-12(13)9-14/h4-7,9-11H,2-3,8H2,1H3,(H,19,20). The highest BCUT2D eigenvalue weighted by atomic mass is 79.9. The van der Waals surface area contributed by atoms with Crippen molar-refractivity contribution in [2.45, 2.75) is 24.6 Å². The Morgan fingerprint density at radius 3 is 2.65 bits per heavy atom. The molecule has 1 N–H and O–H groups in total. The van der Waals surface area contributed by atoms with Crippen molar-refractivity contribution in [1.82, 2.24) is 5.32 Å². The molecular weight excluding hydrogens is 382 g/mol. The molecule has 0 heterocycles. The molecule has 0 saturated carbocycles. The van der Waals surface area contributed by atoms with Crippen LogP contribution in [0.5, 0.6) is 0 Å². The fourth-order valence-corrected chi connectivity index (χ4v) is 2.75. The van der Waals surface area contributed by atoms with Gasteiger partial charge < -0.3 is 5.32 Å². The Morgan fingerprint density at radius 1 is 1.20 bits per heavy atom. The van der Waals surface area contributed by atoms with Gasteiger partial charge in [-0.15, -0.1) is 0 Å². The zero-order valence-electron chi connectivity index (χ0n) is 11.3. The van der Waals surface area contributed by atoms with Crippen molar-refractivity contribution in [1.29, 1.82) is 0 Å². The predicted octanol–water partition coefficient (Wildman–Crippen LogP) is 4.90. The number of amides is 1. The molecule has 0 fully saturated rings. The van der Waals surface area contributed by atoms with E-state index in [1.165, 1.54) is 0 Å². The summed E-state index contributed by atoms with van der Waals surface area (Å²) in [5.41, 5.74) is 0.715. The summed E-state index contributed by atoms with van der Waals surface area (Å²) in [4.78, 5) is 12.6. The van der Waals surface area contributed by atoms with Gasteiger partial charge in [0.2, 0.25) is 0 Å². The van der Waals surface area contributed by atoms with Crippen LogP contribution in [0, 0.1) is 0 Å². The summed E-state index contributed by atoms with van der Waals surface area (Å²) >= 11 is 6.95. The van der Waals surface area contributed by atoms with Crippen LogP contribution in [0.15, 0.2) is 40.9 Å². The van der Waals surface area contributed by atoms with Gasteiger partial charge in [-0.25, -0.2) is 0 Å². The van der Waals surface area contributed by atoms with Crippen LogP contribution in [0.1, 0.15) is 30.1 Å². The number of fused-ring (bicyclic) bond motifs is 1. The normalized spacial score (nSPS) is 12.3. The monoisotopic (exact) mass is 397 g/mol. The van der Waals surface area contributed by atoms with Gasteiger partial charge in [0, 0.05) is 21.4 Å². The lowest BCUT2D eigenvalue weighted by atomic mass is 10.1. The Morgan fingerprint density at radius 2 is 1.90 bits per heavy atom. The lowest BCUT2D eigenvalue weighted by Gasteiger charge is -2.07. The van der Waals surface area contributed by atoms with Crippen molar-refractivity contribution in [3.8, 4) is 0 Å². The number of alkyl halides is 1. The van der Waals surface area contributed by atoms with Crippen LogP contribution in [0.2, 0.25) is 0 Å². The molecule has 1 atom stereocenters. The number of rotatable bonds is 5. The zero-order chi connectivity index (χ0) is 14.5. The SMILES string of the molecule is CC(Br)CCCNC(=O)c1ccc2cc(Br)ccc2c1. The van der Waals surface area contributed by atoms with Crippen LogP contribution in [-0.4, -0.2) is 17.3 Å². The van der Waals surface area contributed by atoms with E-state index in [4.69, 9.17) is 0 Å². The largest absolute Gasteiger partial charge is 0.352 e. The molecular formula is C16H17Br2NO. The molecule has 0 saturated heterocycles. The first kappa shape index (κ1) is 15.5. The van der Waals surface area contributed by atoms with Crippen molar-refractivity contribution in [2.24, 2.45) is 0 Å². The van der Waals surface area contributed by atoms with E-state index in [9.17, 15) is 4.79 Å². The van der Waals surface area contributed by atoms with Gasteiger partial charge >= 0.3 is 0 Å². The molecule has 1 unspecified atom stereocenters. The quantitative estimate of drug-likeness (QED) is 0.563. The van der Waals surface area contributed by atoms with Crippen LogP contribution in [0.4, 0.5) is 0 Å². The highest BCUT2D eigenvalue weighted by Crippen LogP contribution is 2.21. The third-order valence-corrected chi connectivity index (χ3v) is 4.08. The number of benzene rings is 2. The molecule has 2 nitrogen and oxygen atoms in total. The molecule has 106 valence electrons. The maximum absolute atomic E-state index is 12.1.